The maximum atomic E-state index is 6.06. The molecule has 0 aromatic heterocycles. The summed E-state index contributed by atoms with van der Waals surface area (Å²) in [5, 5.41) is 4.01. The second-order valence-electron chi connectivity index (χ2n) is 4.23. The second-order valence-corrected chi connectivity index (χ2v) is 4.63. The van der Waals surface area contributed by atoms with E-state index < -0.39 is 0 Å². The van der Waals surface area contributed by atoms with Crippen molar-refractivity contribution in [3.05, 3.63) is 22.7 Å². The third-order valence-electron chi connectivity index (χ3n) is 3.28. The van der Waals surface area contributed by atoms with Crippen LogP contribution in [0.25, 0.3) is 0 Å². The van der Waals surface area contributed by atoms with E-state index in [1.165, 1.54) is 5.56 Å². The Kier molecular flexibility index (Phi) is 2.65. The fourth-order valence-corrected chi connectivity index (χ4v) is 2.64. The van der Waals surface area contributed by atoms with E-state index in [1.807, 2.05) is 6.07 Å². The molecule has 1 saturated heterocycles. The van der Waals surface area contributed by atoms with Gasteiger partial charge in [-0.1, -0.05) is 17.7 Å². The van der Waals surface area contributed by atoms with Gasteiger partial charge in [0.2, 0.25) is 6.79 Å². The molecule has 4 heteroatoms. The van der Waals surface area contributed by atoms with Gasteiger partial charge in [-0.15, -0.1) is 0 Å². The topological polar surface area (TPSA) is 30.5 Å². The number of nitrogens with one attached hydrogen (secondary N) is 1. The maximum Gasteiger partial charge on any atom is 0.231 e. The van der Waals surface area contributed by atoms with Crippen molar-refractivity contribution >= 4 is 11.6 Å². The molecule has 0 radical (unpaired) electrons. The summed E-state index contributed by atoms with van der Waals surface area (Å²) in [7, 11) is 0. The zero-order valence-corrected chi connectivity index (χ0v) is 9.72. The molecule has 16 heavy (non-hydrogen) atoms. The van der Waals surface area contributed by atoms with Crippen molar-refractivity contribution in [1.82, 2.24) is 5.32 Å². The fourth-order valence-electron chi connectivity index (χ4n) is 2.44. The van der Waals surface area contributed by atoms with Crippen molar-refractivity contribution in [2.75, 3.05) is 19.9 Å². The summed E-state index contributed by atoms with van der Waals surface area (Å²) in [6.07, 6.45) is 2.30. The minimum Gasteiger partial charge on any atom is -0.453 e. The molecule has 0 saturated carbocycles. The van der Waals surface area contributed by atoms with Crippen molar-refractivity contribution in [3.8, 4) is 11.5 Å². The Morgan fingerprint density at radius 1 is 1.12 bits per heavy atom. The fraction of sp³-hybridized carbons (Fsp3) is 0.500. The number of ether oxygens (including phenoxy) is 2. The van der Waals surface area contributed by atoms with Crippen LogP contribution in [-0.2, 0) is 0 Å². The van der Waals surface area contributed by atoms with Crippen molar-refractivity contribution < 1.29 is 9.47 Å². The van der Waals surface area contributed by atoms with Crippen LogP contribution in [-0.4, -0.2) is 19.9 Å². The van der Waals surface area contributed by atoms with E-state index in [4.69, 9.17) is 21.1 Å². The molecule has 1 fully saturated rings. The van der Waals surface area contributed by atoms with Crippen LogP contribution in [0.15, 0.2) is 12.1 Å². The van der Waals surface area contributed by atoms with Crippen molar-refractivity contribution in [2.45, 2.75) is 18.8 Å². The molecular formula is C12H14ClNO2. The van der Waals surface area contributed by atoms with Gasteiger partial charge in [-0.25, -0.2) is 0 Å². The SMILES string of the molecule is Clc1ccc(C2CCNCC2)c2c1OCO2. The Balaban J connectivity index is 1.98. The van der Waals surface area contributed by atoms with Gasteiger partial charge in [0.25, 0.3) is 0 Å². The highest BCUT2D eigenvalue weighted by Crippen LogP contribution is 2.45. The van der Waals surface area contributed by atoms with Crippen LogP contribution in [0.3, 0.4) is 0 Å². The van der Waals surface area contributed by atoms with Gasteiger partial charge in [0, 0.05) is 5.56 Å². The lowest BCUT2D eigenvalue weighted by atomic mass is 9.89. The molecule has 0 unspecified atom stereocenters. The maximum absolute atomic E-state index is 6.06. The van der Waals surface area contributed by atoms with Gasteiger partial charge in [-0.3, -0.25) is 0 Å². The van der Waals surface area contributed by atoms with Gasteiger partial charge in [0.05, 0.1) is 5.02 Å². The average Bonchev–Trinajstić information content (AvgIpc) is 2.81. The molecule has 1 aromatic rings. The Labute approximate surface area is 99.7 Å². The molecule has 0 spiro atoms. The molecule has 1 N–H and O–H groups in total. The second kappa shape index (κ2) is 4.15. The molecule has 3 nitrogen and oxygen atoms in total. The van der Waals surface area contributed by atoms with Gasteiger partial charge in [0.1, 0.15) is 0 Å². The lowest BCUT2D eigenvalue weighted by Crippen LogP contribution is -2.26. The molecule has 0 aliphatic carbocycles. The minimum atomic E-state index is 0.289. The quantitative estimate of drug-likeness (QED) is 0.817. The molecule has 2 aliphatic heterocycles. The summed E-state index contributed by atoms with van der Waals surface area (Å²) in [6, 6.07) is 3.98. The van der Waals surface area contributed by atoms with Gasteiger partial charge < -0.3 is 14.8 Å². The average molecular weight is 240 g/mol. The highest BCUT2D eigenvalue weighted by molar-refractivity contribution is 6.32. The predicted octanol–water partition coefficient (Wildman–Crippen LogP) is 2.54. The first-order valence-electron chi connectivity index (χ1n) is 5.65. The molecule has 0 amide bonds. The molecule has 0 bridgehead atoms. The van der Waals surface area contributed by atoms with Gasteiger partial charge in [-0.05, 0) is 37.9 Å². The van der Waals surface area contributed by atoms with Crippen molar-refractivity contribution in [3.63, 3.8) is 0 Å². The lowest BCUT2D eigenvalue weighted by molar-refractivity contribution is 0.172. The number of benzene rings is 1. The number of rotatable bonds is 1. The Hall–Kier alpha value is -0.930. The van der Waals surface area contributed by atoms with Crippen LogP contribution < -0.4 is 14.8 Å². The summed E-state index contributed by atoms with van der Waals surface area (Å²) in [4.78, 5) is 0. The Morgan fingerprint density at radius 2 is 1.88 bits per heavy atom. The van der Waals surface area contributed by atoms with Crippen molar-refractivity contribution in [2.24, 2.45) is 0 Å². The zero-order valence-electron chi connectivity index (χ0n) is 8.96. The van der Waals surface area contributed by atoms with Crippen LogP contribution in [0.2, 0.25) is 5.02 Å². The molecular weight excluding hydrogens is 226 g/mol. The van der Waals surface area contributed by atoms with E-state index in [1.54, 1.807) is 0 Å². The lowest BCUT2D eigenvalue weighted by Gasteiger charge is -2.23. The van der Waals surface area contributed by atoms with E-state index in [-0.39, 0.29) is 6.79 Å². The number of hydrogen-bond donors (Lipinski definition) is 1. The predicted molar refractivity (Wildman–Crippen MR) is 62.4 cm³/mol. The van der Waals surface area contributed by atoms with E-state index in [0.717, 1.165) is 37.4 Å². The summed E-state index contributed by atoms with van der Waals surface area (Å²) < 4.78 is 10.9. The first-order chi connectivity index (χ1) is 7.86. The summed E-state index contributed by atoms with van der Waals surface area (Å²) in [5.74, 6) is 2.14. The number of fused-ring (bicyclic) bond motifs is 1. The summed E-state index contributed by atoms with van der Waals surface area (Å²) in [6.45, 7) is 2.43. The van der Waals surface area contributed by atoms with E-state index in [9.17, 15) is 0 Å². The minimum absolute atomic E-state index is 0.289. The van der Waals surface area contributed by atoms with E-state index in [0.29, 0.717) is 10.9 Å². The number of piperidine rings is 1. The number of hydrogen-bond acceptors (Lipinski definition) is 3. The standard InChI is InChI=1S/C12H14ClNO2/c13-10-2-1-9(8-3-5-14-6-4-8)11-12(10)16-7-15-11/h1-2,8,14H,3-7H2. The molecule has 3 rings (SSSR count). The molecule has 2 aliphatic rings. The van der Waals surface area contributed by atoms with Gasteiger partial charge in [-0.2, -0.15) is 0 Å². The molecule has 86 valence electrons. The number of halogens is 1. The highest BCUT2D eigenvalue weighted by atomic mass is 35.5. The van der Waals surface area contributed by atoms with Gasteiger partial charge >= 0.3 is 0 Å². The molecule has 0 atom stereocenters. The smallest absolute Gasteiger partial charge is 0.231 e. The third-order valence-corrected chi connectivity index (χ3v) is 3.58. The zero-order chi connectivity index (χ0) is 11.0. The summed E-state index contributed by atoms with van der Waals surface area (Å²) >= 11 is 6.06. The summed E-state index contributed by atoms with van der Waals surface area (Å²) in [5.41, 5.74) is 1.25. The van der Waals surface area contributed by atoms with E-state index >= 15 is 0 Å². The van der Waals surface area contributed by atoms with Crippen LogP contribution >= 0.6 is 11.6 Å². The normalized spacial score (nSPS) is 20.1. The monoisotopic (exact) mass is 239 g/mol. The van der Waals surface area contributed by atoms with Crippen LogP contribution in [0, 0.1) is 0 Å². The third kappa shape index (κ3) is 1.64. The van der Waals surface area contributed by atoms with Crippen LogP contribution in [0.4, 0.5) is 0 Å². The Bertz CT molecular complexity index is 402. The van der Waals surface area contributed by atoms with Gasteiger partial charge in [0.15, 0.2) is 11.5 Å². The van der Waals surface area contributed by atoms with Crippen LogP contribution in [0.5, 0.6) is 11.5 Å². The molecule has 2 heterocycles. The van der Waals surface area contributed by atoms with E-state index in [2.05, 4.69) is 11.4 Å². The van der Waals surface area contributed by atoms with Crippen molar-refractivity contribution in [1.29, 1.82) is 0 Å². The highest BCUT2D eigenvalue weighted by Gasteiger charge is 2.26. The van der Waals surface area contributed by atoms with Crippen LogP contribution in [0.1, 0.15) is 24.3 Å². The molecule has 1 aromatic carbocycles. The Morgan fingerprint density at radius 3 is 2.69 bits per heavy atom. The first kappa shape index (κ1) is 10.2. The first-order valence-corrected chi connectivity index (χ1v) is 6.03. The largest absolute Gasteiger partial charge is 0.453 e.